The van der Waals surface area contributed by atoms with Gasteiger partial charge in [-0.1, -0.05) is 18.2 Å². The molecule has 27 heavy (non-hydrogen) atoms. The molecule has 1 atom stereocenters. The van der Waals surface area contributed by atoms with Crippen molar-refractivity contribution in [2.75, 3.05) is 40.5 Å². The van der Waals surface area contributed by atoms with E-state index in [-0.39, 0.29) is 10.6 Å². The third kappa shape index (κ3) is 5.19. The van der Waals surface area contributed by atoms with Gasteiger partial charge in [0, 0.05) is 36.6 Å². The molecule has 0 aliphatic carbocycles. The summed E-state index contributed by atoms with van der Waals surface area (Å²) in [4.78, 5) is 2.02. The zero-order valence-electron chi connectivity index (χ0n) is 14.6. The molecule has 0 radical (unpaired) electrons. The van der Waals surface area contributed by atoms with E-state index in [2.05, 4.69) is 14.8 Å². The van der Waals surface area contributed by atoms with Crippen LogP contribution in [0.1, 0.15) is 6.42 Å². The van der Waals surface area contributed by atoms with E-state index in [1.165, 1.54) is 12.1 Å². The van der Waals surface area contributed by atoms with Gasteiger partial charge in [0.05, 0.1) is 16.3 Å². The molecule has 0 amide bonds. The number of hydrogen-bond donors (Lipinski definition) is 3. The van der Waals surface area contributed by atoms with Crippen molar-refractivity contribution in [1.82, 2.24) is 5.32 Å². The summed E-state index contributed by atoms with van der Waals surface area (Å²) in [5.74, 6) is 0. The molecule has 3 rings (SSSR count). The largest absolute Gasteiger partial charge is 0.755 e. The van der Waals surface area contributed by atoms with Crippen LogP contribution in [0.25, 0.3) is 0 Å². The molecule has 0 spiro atoms. The molecular weight excluding hydrogens is 388 g/mol. The van der Waals surface area contributed by atoms with Gasteiger partial charge in [-0.05, 0) is 43.3 Å². The Kier molecular flexibility index (Phi) is 6.32. The van der Waals surface area contributed by atoms with Crippen LogP contribution < -0.4 is 19.7 Å². The van der Waals surface area contributed by atoms with Crippen LogP contribution >= 0.6 is 0 Å². The molecule has 1 aliphatic heterocycles. The van der Waals surface area contributed by atoms with Gasteiger partial charge >= 0.3 is 0 Å². The van der Waals surface area contributed by atoms with Crippen molar-refractivity contribution in [3.05, 3.63) is 48.5 Å². The summed E-state index contributed by atoms with van der Waals surface area (Å²) in [7, 11) is -3.85. The van der Waals surface area contributed by atoms with Crippen LogP contribution in [0.5, 0.6) is 0 Å². The lowest BCUT2D eigenvalue weighted by Gasteiger charge is -2.26. The second kappa shape index (κ2) is 8.70. The molecule has 1 unspecified atom stereocenters. The maximum atomic E-state index is 12.7. The van der Waals surface area contributed by atoms with Gasteiger partial charge in [-0.3, -0.25) is 8.93 Å². The average molecular weight is 410 g/mol. The zero-order chi connectivity index (χ0) is 19.3. The lowest BCUT2D eigenvalue weighted by atomic mass is 10.2. The number of para-hydroxylation sites is 1. The highest BCUT2D eigenvalue weighted by Crippen LogP contribution is 2.30. The van der Waals surface area contributed by atoms with Crippen molar-refractivity contribution in [3.63, 3.8) is 0 Å². The summed E-state index contributed by atoms with van der Waals surface area (Å²) >= 11 is -2.57. The second-order valence-corrected chi connectivity index (χ2v) is 8.43. The lowest BCUT2D eigenvalue weighted by Crippen LogP contribution is -2.28. The Morgan fingerprint density at radius 1 is 1.07 bits per heavy atom. The number of sulfonamides is 1. The third-order valence-electron chi connectivity index (χ3n) is 4.18. The lowest BCUT2D eigenvalue weighted by molar-refractivity contribution is 0.542. The summed E-state index contributed by atoms with van der Waals surface area (Å²) in [5.41, 5.74) is 1.32. The summed E-state index contributed by atoms with van der Waals surface area (Å²) in [6.45, 7) is 3.12. The first-order valence-corrected chi connectivity index (χ1v) is 11.0. The van der Waals surface area contributed by atoms with Crippen molar-refractivity contribution < 1.29 is 17.2 Å². The normalized spacial score (nSPS) is 16.4. The van der Waals surface area contributed by atoms with Gasteiger partial charge in [-0.25, -0.2) is 8.42 Å². The molecule has 10 heteroatoms. The van der Waals surface area contributed by atoms with E-state index < -0.39 is 21.3 Å². The SMILES string of the molecule is O=S([O-])Nc1cc(S(=O)(=O)Nc2ccccc2)ccc1N1CCCNCC1. The summed E-state index contributed by atoms with van der Waals surface area (Å²) in [6, 6.07) is 13.0. The molecule has 0 bridgehead atoms. The van der Waals surface area contributed by atoms with Gasteiger partial charge < -0.3 is 19.5 Å². The predicted molar refractivity (Wildman–Crippen MR) is 106 cm³/mol. The summed E-state index contributed by atoms with van der Waals surface area (Å²) in [6.07, 6.45) is 0.912. The Morgan fingerprint density at radius 2 is 1.85 bits per heavy atom. The van der Waals surface area contributed by atoms with Crippen LogP contribution in [0.15, 0.2) is 53.4 Å². The Labute approximate surface area is 161 Å². The molecule has 3 N–H and O–H groups in total. The number of hydrogen-bond acceptors (Lipinski definition) is 6. The minimum Gasteiger partial charge on any atom is -0.755 e. The molecule has 0 saturated carbocycles. The molecule has 1 aliphatic rings. The van der Waals surface area contributed by atoms with Gasteiger partial charge in [0.15, 0.2) is 0 Å². The molecule has 8 nitrogen and oxygen atoms in total. The minimum absolute atomic E-state index is 0.0176. The molecule has 1 saturated heterocycles. The number of benzene rings is 2. The van der Waals surface area contributed by atoms with Crippen molar-refractivity contribution in [3.8, 4) is 0 Å². The first-order chi connectivity index (χ1) is 13.0. The highest BCUT2D eigenvalue weighted by atomic mass is 32.2. The van der Waals surface area contributed by atoms with Crippen LogP contribution in [0.3, 0.4) is 0 Å². The van der Waals surface area contributed by atoms with E-state index in [0.717, 1.165) is 26.1 Å². The Hall–Kier alpha value is -2.14. The van der Waals surface area contributed by atoms with Gasteiger partial charge in [0.25, 0.3) is 10.0 Å². The minimum atomic E-state index is -3.85. The predicted octanol–water partition coefficient (Wildman–Crippen LogP) is 1.49. The van der Waals surface area contributed by atoms with Crippen LogP contribution in [0.4, 0.5) is 17.1 Å². The quantitative estimate of drug-likeness (QED) is 0.623. The van der Waals surface area contributed by atoms with E-state index in [9.17, 15) is 17.2 Å². The first-order valence-electron chi connectivity index (χ1n) is 8.49. The number of rotatable bonds is 6. The average Bonchev–Trinajstić information content (AvgIpc) is 2.91. The number of nitrogens with zero attached hydrogens (tertiary/aromatic N) is 1. The zero-order valence-corrected chi connectivity index (χ0v) is 16.2. The van der Waals surface area contributed by atoms with E-state index in [1.54, 1.807) is 36.4 Å². The fourth-order valence-corrected chi connectivity index (χ4v) is 4.36. The molecule has 2 aromatic rings. The van der Waals surface area contributed by atoms with Crippen LogP contribution in [0.2, 0.25) is 0 Å². The van der Waals surface area contributed by atoms with Crippen molar-refractivity contribution in [2.45, 2.75) is 11.3 Å². The van der Waals surface area contributed by atoms with Gasteiger partial charge in [0.1, 0.15) is 0 Å². The van der Waals surface area contributed by atoms with Crippen LogP contribution in [-0.4, -0.2) is 43.4 Å². The molecule has 146 valence electrons. The van der Waals surface area contributed by atoms with Gasteiger partial charge in [0.2, 0.25) is 0 Å². The number of nitrogens with one attached hydrogen (secondary N) is 3. The fourth-order valence-electron chi connectivity index (χ4n) is 2.94. The Bertz CT molecular complexity index is 898. The highest BCUT2D eigenvalue weighted by Gasteiger charge is 2.19. The van der Waals surface area contributed by atoms with E-state index >= 15 is 0 Å². The Balaban J connectivity index is 1.93. The maximum absolute atomic E-state index is 12.7. The second-order valence-electron chi connectivity index (χ2n) is 6.08. The van der Waals surface area contributed by atoms with E-state index in [1.807, 2.05) is 4.90 Å². The standard InChI is InChI=1S/C17H22N4O4S2/c22-26(23)19-16-13-15(27(24,25)20-14-5-2-1-3-6-14)7-8-17(16)21-11-4-9-18-10-12-21/h1-3,5-8,13,18-20H,4,9-12H2,(H,22,23)/p-1. The fraction of sp³-hybridized carbons (Fsp3) is 0.294. The molecule has 1 heterocycles. The summed E-state index contributed by atoms with van der Waals surface area (Å²) < 4.78 is 52.6. The Morgan fingerprint density at radius 3 is 2.59 bits per heavy atom. The van der Waals surface area contributed by atoms with Crippen LogP contribution in [0, 0.1) is 0 Å². The van der Waals surface area contributed by atoms with E-state index in [0.29, 0.717) is 17.9 Å². The molecule has 0 aromatic heterocycles. The third-order valence-corrected chi connectivity index (χ3v) is 5.94. The molecular formula is C17H21N4O4S2-. The monoisotopic (exact) mass is 409 g/mol. The number of anilines is 3. The van der Waals surface area contributed by atoms with E-state index in [4.69, 9.17) is 0 Å². The topological polar surface area (TPSA) is 114 Å². The van der Waals surface area contributed by atoms with Gasteiger partial charge in [-0.2, -0.15) is 0 Å². The molecule has 1 fully saturated rings. The van der Waals surface area contributed by atoms with Gasteiger partial charge in [-0.15, -0.1) is 0 Å². The van der Waals surface area contributed by atoms with Crippen molar-refractivity contribution in [2.24, 2.45) is 0 Å². The summed E-state index contributed by atoms with van der Waals surface area (Å²) in [5, 5.41) is 3.28. The van der Waals surface area contributed by atoms with Crippen molar-refractivity contribution >= 4 is 38.4 Å². The maximum Gasteiger partial charge on any atom is 0.261 e. The van der Waals surface area contributed by atoms with Crippen molar-refractivity contribution in [1.29, 1.82) is 0 Å². The smallest absolute Gasteiger partial charge is 0.261 e. The first kappa shape index (κ1) is 19.6. The van der Waals surface area contributed by atoms with Crippen LogP contribution in [-0.2, 0) is 21.3 Å². The highest BCUT2D eigenvalue weighted by molar-refractivity contribution is 7.92. The molecule has 2 aromatic carbocycles.